The fourth-order valence-corrected chi connectivity index (χ4v) is 3.79. The zero-order valence-corrected chi connectivity index (χ0v) is 19.3. The second-order valence-electron chi connectivity index (χ2n) is 8.31. The minimum Gasteiger partial charge on any atom is -0.484 e. The summed E-state index contributed by atoms with van der Waals surface area (Å²) in [7, 11) is 1.72. The number of carbonyl (C=O) groups excluding carboxylic acids is 3. The van der Waals surface area contributed by atoms with E-state index in [0.29, 0.717) is 0 Å². The zero-order valence-electron chi connectivity index (χ0n) is 19.3. The Morgan fingerprint density at radius 1 is 1.00 bits per heavy atom. The van der Waals surface area contributed by atoms with Crippen molar-refractivity contribution in [2.75, 3.05) is 25.6 Å². The van der Waals surface area contributed by atoms with Crippen LogP contribution in [-0.2, 0) is 20.5 Å². The van der Waals surface area contributed by atoms with Crippen molar-refractivity contribution in [2.45, 2.75) is 44.3 Å². The van der Waals surface area contributed by atoms with E-state index in [2.05, 4.69) is 5.32 Å². The Morgan fingerprint density at radius 3 is 2.34 bits per heavy atom. The first-order valence-electron chi connectivity index (χ1n) is 11.3. The largest absolute Gasteiger partial charge is 0.484 e. The molecule has 2 amide bonds. The number of hydrogen-bond donors (Lipinski definition) is 1. The van der Waals surface area contributed by atoms with Crippen molar-refractivity contribution in [1.29, 1.82) is 0 Å². The number of halogens is 3. The summed E-state index contributed by atoms with van der Waals surface area (Å²) in [5, 5.41) is 2.34. The van der Waals surface area contributed by atoms with Gasteiger partial charge in [-0.3, -0.25) is 9.59 Å². The molecule has 0 spiro atoms. The van der Waals surface area contributed by atoms with Crippen LogP contribution in [0.4, 0.5) is 18.9 Å². The highest BCUT2D eigenvalue weighted by Crippen LogP contribution is 2.30. The Hall–Kier alpha value is -3.56. The van der Waals surface area contributed by atoms with Gasteiger partial charge in [0.15, 0.2) is 13.2 Å². The lowest BCUT2D eigenvalue weighted by Gasteiger charge is -2.31. The number of rotatable bonds is 8. The summed E-state index contributed by atoms with van der Waals surface area (Å²) < 4.78 is 48.8. The van der Waals surface area contributed by atoms with Gasteiger partial charge in [-0.2, -0.15) is 13.2 Å². The normalized spacial score (nSPS) is 14.2. The van der Waals surface area contributed by atoms with Crippen LogP contribution in [0.25, 0.3) is 0 Å². The number of alkyl halides is 3. The molecule has 35 heavy (non-hydrogen) atoms. The van der Waals surface area contributed by atoms with Gasteiger partial charge in [-0.25, -0.2) is 4.79 Å². The average Bonchev–Trinajstić information content (AvgIpc) is 2.86. The molecule has 1 saturated carbocycles. The number of ether oxygens (including phenoxy) is 2. The number of anilines is 1. The molecule has 0 bridgehead atoms. The summed E-state index contributed by atoms with van der Waals surface area (Å²) in [4.78, 5) is 38.2. The van der Waals surface area contributed by atoms with Crippen molar-refractivity contribution in [3.05, 3.63) is 59.7 Å². The van der Waals surface area contributed by atoms with Crippen molar-refractivity contribution in [3.63, 3.8) is 0 Å². The van der Waals surface area contributed by atoms with Gasteiger partial charge < -0.3 is 19.7 Å². The number of hydrogen-bond acceptors (Lipinski definition) is 5. The van der Waals surface area contributed by atoms with Crippen LogP contribution in [-0.4, -0.2) is 49.0 Å². The molecule has 0 radical (unpaired) electrons. The molecule has 188 valence electrons. The van der Waals surface area contributed by atoms with Gasteiger partial charge in [0.05, 0.1) is 11.1 Å². The Labute approximate surface area is 201 Å². The van der Waals surface area contributed by atoms with E-state index in [1.807, 2.05) is 0 Å². The van der Waals surface area contributed by atoms with Crippen LogP contribution in [0.15, 0.2) is 48.5 Å². The molecule has 0 unspecified atom stereocenters. The van der Waals surface area contributed by atoms with Gasteiger partial charge in [0.25, 0.3) is 11.8 Å². The maximum absolute atomic E-state index is 12.8. The number of likely N-dealkylation sites (N-methyl/N-ethyl adjacent to an activating group) is 1. The molecule has 0 aliphatic heterocycles. The minimum atomic E-state index is -4.52. The topological polar surface area (TPSA) is 84.9 Å². The minimum absolute atomic E-state index is 0.00445. The van der Waals surface area contributed by atoms with Gasteiger partial charge in [-0.15, -0.1) is 0 Å². The molecule has 0 atom stereocenters. The highest BCUT2D eigenvalue weighted by molar-refractivity contribution is 5.92. The van der Waals surface area contributed by atoms with E-state index in [4.69, 9.17) is 9.47 Å². The number of nitrogens with zero attached hydrogens (tertiary/aromatic N) is 1. The van der Waals surface area contributed by atoms with Gasteiger partial charge in [0, 0.05) is 18.8 Å². The molecule has 1 aliphatic carbocycles. The quantitative estimate of drug-likeness (QED) is 0.542. The van der Waals surface area contributed by atoms with E-state index in [-0.39, 0.29) is 35.6 Å². The summed E-state index contributed by atoms with van der Waals surface area (Å²) in [6.45, 7) is -0.790. The van der Waals surface area contributed by atoms with Crippen LogP contribution in [0.2, 0.25) is 0 Å². The van der Waals surface area contributed by atoms with E-state index >= 15 is 0 Å². The highest BCUT2D eigenvalue weighted by Gasteiger charge is 2.30. The molecule has 2 aromatic carbocycles. The predicted molar refractivity (Wildman–Crippen MR) is 122 cm³/mol. The molecule has 1 fully saturated rings. The van der Waals surface area contributed by atoms with Crippen LogP contribution >= 0.6 is 0 Å². The lowest BCUT2D eigenvalue weighted by atomic mass is 9.94. The molecule has 0 saturated heterocycles. The zero-order chi connectivity index (χ0) is 25.4. The smallest absolute Gasteiger partial charge is 0.416 e. The monoisotopic (exact) mass is 492 g/mol. The third-order valence-electron chi connectivity index (χ3n) is 5.78. The van der Waals surface area contributed by atoms with Gasteiger partial charge in [-0.05, 0) is 55.3 Å². The first-order chi connectivity index (χ1) is 16.6. The van der Waals surface area contributed by atoms with Gasteiger partial charge in [-0.1, -0.05) is 25.3 Å². The van der Waals surface area contributed by atoms with Crippen molar-refractivity contribution >= 4 is 23.5 Å². The molecule has 3 rings (SSSR count). The maximum Gasteiger partial charge on any atom is 0.416 e. The van der Waals surface area contributed by atoms with Crippen LogP contribution in [0.5, 0.6) is 5.75 Å². The molecule has 7 nitrogen and oxygen atoms in total. The SMILES string of the molecule is CN(C(=O)COC(=O)c1ccc(OCC(=O)Nc2cccc(C(F)(F)F)c2)cc1)C1CCCCC1. The summed E-state index contributed by atoms with van der Waals surface area (Å²) >= 11 is 0. The third-order valence-corrected chi connectivity index (χ3v) is 5.78. The van der Waals surface area contributed by atoms with Crippen molar-refractivity contribution in [3.8, 4) is 5.75 Å². The van der Waals surface area contributed by atoms with Crippen LogP contribution in [0.1, 0.15) is 48.0 Å². The van der Waals surface area contributed by atoms with E-state index in [1.165, 1.54) is 42.8 Å². The highest BCUT2D eigenvalue weighted by atomic mass is 19.4. The van der Waals surface area contributed by atoms with Gasteiger partial charge >= 0.3 is 12.1 Å². The van der Waals surface area contributed by atoms with Crippen LogP contribution in [0.3, 0.4) is 0 Å². The fourth-order valence-electron chi connectivity index (χ4n) is 3.79. The van der Waals surface area contributed by atoms with Gasteiger partial charge in [0.2, 0.25) is 0 Å². The Bertz CT molecular complexity index is 1030. The first kappa shape index (κ1) is 26.1. The number of esters is 1. The van der Waals surface area contributed by atoms with Crippen molar-refractivity contribution in [2.24, 2.45) is 0 Å². The second kappa shape index (κ2) is 11.7. The van der Waals surface area contributed by atoms with E-state index in [9.17, 15) is 27.6 Å². The number of amides is 2. The maximum atomic E-state index is 12.8. The van der Waals surface area contributed by atoms with Crippen LogP contribution in [0, 0.1) is 0 Å². The number of benzene rings is 2. The molecular formula is C25H27F3N2O5. The lowest BCUT2D eigenvalue weighted by molar-refractivity contribution is -0.137. The van der Waals surface area contributed by atoms with E-state index in [1.54, 1.807) is 11.9 Å². The average molecular weight is 492 g/mol. The summed E-state index contributed by atoms with van der Waals surface area (Å²) in [5.41, 5.74) is -0.671. The lowest BCUT2D eigenvalue weighted by Crippen LogP contribution is -2.40. The Morgan fingerprint density at radius 2 is 1.69 bits per heavy atom. The summed E-state index contributed by atoms with van der Waals surface area (Å²) in [5.74, 6) is -1.29. The molecular weight excluding hydrogens is 465 g/mol. The molecule has 0 aromatic heterocycles. The molecule has 0 heterocycles. The molecule has 1 N–H and O–H groups in total. The molecule has 2 aromatic rings. The number of carbonyl (C=O) groups is 3. The predicted octanol–water partition coefficient (Wildman–Crippen LogP) is 4.67. The molecule has 10 heteroatoms. The third kappa shape index (κ3) is 7.73. The Balaban J connectivity index is 1.44. The van der Waals surface area contributed by atoms with E-state index in [0.717, 1.165) is 37.8 Å². The van der Waals surface area contributed by atoms with Gasteiger partial charge in [0.1, 0.15) is 5.75 Å². The standard InChI is InChI=1S/C25H27F3N2O5/c1-30(20-8-3-2-4-9-20)23(32)16-35-24(33)17-10-12-21(13-11-17)34-15-22(31)29-19-7-5-6-18(14-19)25(26,27)28/h5-7,10-14,20H,2-4,8-9,15-16H2,1H3,(H,29,31). The second-order valence-corrected chi connectivity index (χ2v) is 8.31. The van der Waals surface area contributed by atoms with Crippen molar-refractivity contribution < 1.29 is 37.0 Å². The fraction of sp³-hybridized carbons (Fsp3) is 0.400. The summed E-state index contributed by atoms with van der Waals surface area (Å²) in [6.07, 6.45) is 0.741. The Kier molecular flexibility index (Phi) is 8.73. The number of nitrogens with one attached hydrogen (secondary N) is 1. The van der Waals surface area contributed by atoms with Crippen LogP contribution < -0.4 is 10.1 Å². The first-order valence-corrected chi connectivity index (χ1v) is 11.3. The summed E-state index contributed by atoms with van der Waals surface area (Å²) in [6, 6.07) is 10.2. The molecule has 1 aliphatic rings. The van der Waals surface area contributed by atoms with E-state index < -0.39 is 30.2 Å². The van der Waals surface area contributed by atoms with Crippen molar-refractivity contribution in [1.82, 2.24) is 4.90 Å².